The van der Waals surface area contributed by atoms with Gasteiger partial charge in [0.1, 0.15) is 17.3 Å². The maximum Gasteiger partial charge on any atom is 0.156 e. The van der Waals surface area contributed by atoms with Gasteiger partial charge in [-0.2, -0.15) is 5.10 Å². The Balaban J connectivity index is 1.57. The second-order valence-electron chi connectivity index (χ2n) is 8.16. The lowest BCUT2D eigenvalue weighted by molar-refractivity contribution is 0.0108. The molecule has 0 amide bonds. The summed E-state index contributed by atoms with van der Waals surface area (Å²) in [6.45, 7) is 3.43. The molecule has 4 aromatic rings. The third-order valence-electron chi connectivity index (χ3n) is 6.07. The number of halogens is 2. The average Bonchev–Trinajstić information content (AvgIpc) is 3.47. The van der Waals surface area contributed by atoms with Crippen molar-refractivity contribution in [1.29, 1.82) is 0 Å². The fourth-order valence-electron chi connectivity index (χ4n) is 4.23. The van der Waals surface area contributed by atoms with Gasteiger partial charge in [-0.3, -0.25) is 4.90 Å². The minimum Gasteiger partial charge on any atom is -0.399 e. The van der Waals surface area contributed by atoms with Crippen LogP contribution < -0.4 is 5.73 Å². The van der Waals surface area contributed by atoms with Crippen LogP contribution in [0.4, 0.5) is 14.5 Å². The normalized spacial score (nSPS) is 17.4. The Morgan fingerprint density at radius 1 is 0.939 bits per heavy atom. The van der Waals surface area contributed by atoms with E-state index >= 15 is 0 Å². The third kappa shape index (κ3) is 4.25. The summed E-state index contributed by atoms with van der Waals surface area (Å²) in [5, 5.41) is 4.85. The van der Waals surface area contributed by atoms with E-state index in [9.17, 15) is 8.78 Å². The van der Waals surface area contributed by atoms with Gasteiger partial charge in [0.25, 0.3) is 0 Å². The van der Waals surface area contributed by atoms with E-state index in [4.69, 9.17) is 15.6 Å². The van der Waals surface area contributed by atoms with Gasteiger partial charge in [-0.1, -0.05) is 24.3 Å². The molecule has 3 aromatic carbocycles. The number of aromatic nitrogens is 2. The summed E-state index contributed by atoms with van der Waals surface area (Å²) in [5.74, 6) is -0.616. The van der Waals surface area contributed by atoms with E-state index in [1.54, 1.807) is 28.9 Å². The molecule has 1 aromatic heterocycles. The number of hydrogen-bond acceptors (Lipinski definition) is 4. The molecule has 0 aliphatic carbocycles. The van der Waals surface area contributed by atoms with Gasteiger partial charge in [-0.25, -0.2) is 13.5 Å². The van der Waals surface area contributed by atoms with Crippen molar-refractivity contribution in [3.8, 4) is 16.8 Å². The topological polar surface area (TPSA) is 56.3 Å². The largest absolute Gasteiger partial charge is 0.399 e. The Bertz CT molecular complexity index is 1240. The van der Waals surface area contributed by atoms with Crippen molar-refractivity contribution in [2.75, 3.05) is 18.9 Å². The monoisotopic (exact) mass is 446 g/mol. The Hall–Kier alpha value is -3.55. The molecule has 0 radical (unpaired) electrons. The molecular formula is C26H24F2N4O. The minimum atomic E-state index is -0.390. The molecule has 7 heteroatoms. The quantitative estimate of drug-likeness (QED) is 0.412. The summed E-state index contributed by atoms with van der Waals surface area (Å²) in [6, 6.07) is 20.4. The summed E-state index contributed by atoms with van der Waals surface area (Å²) in [4.78, 5) is 2.25. The molecule has 0 bridgehead atoms. The summed E-state index contributed by atoms with van der Waals surface area (Å²) in [5.41, 5.74) is 10.8. The molecule has 0 saturated carbocycles. The summed E-state index contributed by atoms with van der Waals surface area (Å²) < 4.78 is 34.9. The maximum atomic E-state index is 13.6. The van der Waals surface area contributed by atoms with Crippen molar-refractivity contribution >= 4 is 5.69 Å². The number of hydrogen-bond donors (Lipinski definition) is 1. The molecule has 1 aliphatic rings. The van der Waals surface area contributed by atoms with Gasteiger partial charge in [0.2, 0.25) is 0 Å². The van der Waals surface area contributed by atoms with Crippen molar-refractivity contribution in [3.05, 3.63) is 102 Å². The van der Waals surface area contributed by atoms with Crippen LogP contribution in [0.2, 0.25) is 0 Å². The van der Waals surface area contributed by atoms with E-state index in [0.717, 1.165) is 40.3 Å². The predicted molar refractivity (Wildman–Crippen MR) is 124 cm³/mol. The van der Waals surface area contributed by atoms with E-state index in [1.807, 2.05) is 30.5 Å². The molecule has 33 heavy (non-hydrogen) atoms. The number of anilines is 1. The van der Waals surface area contributed by atoms with Gasteiger partial charge in [0, 0.05) is 30.0 Å². The van der Waals surface area contributed by atoms with E-state index in [-0.39, 0.29) is 23.9 Å². The van der Waals surface area contributed by atoms with Crippen LogP contribution in [0.15, 0.2) is 79.0 Å². The molecule has 1 aliphatic heterocycles. The molecule has 2 unspecified atom stereocenters. The van der Waals surface area contributed by atoms with E-state index in [1.165, 1.54) is 24.3 Å². The van der Waals surface area contributed by atoms with E-state index in [2.05, 4.69) is 11.8 Å². The van der Waals surface area contributed by atoms with Crippen LogP contribution in [0.5, 0.6) is 0 Å². The van der Waals surface area contributed by atoms with Crippen LogP contribution >= 0.6 is 0 Å². The molecule has 5 rings (SSSR count). The Labute approximate surface area is 191 Å². The Kier molecular flexibility index (Phi) is 5.66. The highest BCUT2D eigenvalue weighted by molar-refractivity contribution is 5.66. The van der Waals surface area contributed by atoms with Crippen molar-refractivity contribution in [2.24, 2.45) is 0 Å². The van der Waals surface area contributed by atoms with Gasteiger partial charge in [-0.15, -0.1) is 0 Å². The fraction of sp³-hybridized carbons (Fsp3) is 0.192. The minimum absolute atomic E-state index is 0.0649. The maximum absolute atomic E-state index is 13.6. The second kappa shape index (κ2) is 8.77. The summed E-state index contributed by atoms with van der Waals surface area (Å²) in [6.07, 6.45) is 1.49. The molecule has 5 nitrogen and oxygen atoms in total. The highest BCUT2D eigenvalue weighted by Gasteiger charge is 2.35. The van der Waals surface area contributed by atoms with Crippen LogP contribution in [0, 0.1) is 11.6 Å². The highest BCUT2D eigenvalue weighted by Crippen LogP contribution is 2.39. The summed E-state index contributed by atoms with van der Waals surface area (Å²) in [7, 11) is 0. The highest BCUT2D eigenvalue weighted by atomic mass is 19.1. The SMILES string of the molecule is CC(c1ccc(N)cc1)N1CCOC1c1nn(-c2ccc(F)cc2)cc1-c1ccc(F)cc1. The number of benzene rings is 3. The van der Waals surface area contributed by atoms with Crippen LogP contribution in [-0.4, -0.2) is 27.8 Å². The molecular weight excluding hydrogens is 422 g/mol. The second-order valence-corrected chi connectivity index (χ2v) is 8.16. The third-order valence-corrected chi connectivity index (χ3v) is 6.07. The van der Waals surface area contributed by atoms with Crippen molar-refractivity contribution < 1.29 is 13.5 Å². The molecule has 2 atom stereocenters. The lowest BCUT2D eigenvalue weighted by Crippen LogP contribution is -2.28. The van der Waals surface area contributed by atoms with Crippen molar-refractivity contribution in [2.45, 2.75) is 19.2 Å². The van der Waals surface area contributed by atoms with E-state index in [0.29, 0.717) is 6.61 Å². The Morgan fingerprint density at radius 2 is 1.58 bits per heavy atom. The van der Waals surface area contributed by atoms with Gasteiger partial charge in [-0.05, 0) is 66.6 Å². The van der Waals surface area contributed by atoms with Gasteiger partial charge in [0.15, 0.2) is 6.23 Å². The lowest BCUT2D eigenvalue weighted by atomic mass is 10.0. The van der Waals surface area contributed by atoms with Crippen LogP contribution in [-0.2, 0) is 4.74 Å². The average molecular weight is 447 g/mol. The molecule has 1 saturated heterocycles. The number of nitrogens with two attached hydrogens (primary N) is 1. The standard InChI is InChI=1S/C26H24F2N4O/c1-17(18-4-10-22(29)11-5-18)31-14-15-33-26(31)25-24(19-2-6-20(27)7-3-19)16-32(30-25)23-12-8-21(28)9-13-23/h2-13,16-17,26H,14-15,29H2,1H3. The zero-order valence-electron chi connectivity index (χ0n) is 18.2. The van der Waals surface area contributed by atoms with Crippen molar-refractivity contribution in [1.82, 2.24) is 14.7 Å². The number of rotatable bonds is 5. The van der Waals surface area contributed by atoms with Crippen LogP contribution in [0.25, 0.3) is 16.8 Å². The van der Waals surface area contributed by atoms with Crippen LogP contribution in [0.1, 0.15) is 30.5 Å². The number of ether oxygens (including phenoxy) is 1. The first-order valence-electron chi connectivity index (χ1n) is 10.8. The zero-order chi connectivity index (χ0) is 22.9. The van der Waals surface area contributed by atoms with Gasteiger partial charge in [0.05, 0.1) is 12.3 Å². The molecule has 2 heterocycles. The zero-order valence-corrected chi connectivity index (χ0v) is 18.2. The van der Waals surface area contributed by atoms with Crippen molar-refractivity contribution in [3.63, 3.8) is 0 Å². The predicted octanol–water partition coefficient (Wildman–Crippen LogP) is 5.49. The summed E-state index contributed by atoms with van der Waals surface area (Å²) >= 11 is 0. The van der Waals surface area contributed by atoms with Gasteiger partial charge >= 0.3 is 0 Å². The Morgan fingerprint density at radius 3 is 2.24 bits per heavy atom. The molecule has 0 spiro atoms. The van der Waals surface area contributed by atoms with E-state index < -0.39 is 0 Å². The molecule has 1 fully saturated rings. The lowest BCUT2D eigenvalue weighted by Gasteiger charge is -2.29. The fourth-order valence-corrected chi connectivity index (χ4v) is 4.23. The first kappa shape index (κ1) is 21.3. The molecule has 168 valence electrons. The van der Waals surface area contributed by atoms with Crippen LogP contribution in [0.3, 0.4) is 0 Å². The number of nitrogens with zero attached hydrogens (tertiary/aromatic N) is 3. The number of nitrogen functional groups attached to an aromatic ring is 1. The first-order valence-corrected chi connectivity index (χ1v) is 10.8. The van der Waals surface area contributed by atoms with Gasteiger partial charge < -0.3 is 10.5 Å². The first-order chi connectivity index (χ1) is 16.0. The molecule has 2 N–H and O–H groups in total. The smallest absolute Gasteiger partial charge is 0.156 e.